The Hall–Kier alpha value is -1.51. The quantitative estimate of drug-likeness (QED) is 0.686. The van der Waals surface area contributed by atoms with Gasteiger partial charge in [-0.3, -0.25) is 4.79 Å². The Morgan fingerprint density at radius 1 is 1.31 bits per heavy atom. The first-order chi connectivity index (χ1) is 12.0. The molecule has 0 aromatic carbocycles. The monoisotopic (exact) mass is 379 g/mol. The molecule has 3 N–H and O–H groups in total. The average Bonchev–Trinajstić information content (AvgIpc) is 2.86. The summed E-state index contributed by atoms with van der Waals surface area (Å²) in [7, 11) is 0. The maximum atomic E-state index is 12.7. The molecule has 0 saturated carbocycles. The molecule has 0 aromatic rings. The Kier molecular flexibility index (Phi) is 6.42. The number of hydrogen-bond acceptors (Lipinski definition) is 3. The largest absolute Gasteiger partial charge is 0.471 e. The number of carbonyl (C=O) groups is 2. The van der Waals surface area contributed by atoms with Crippen molar-refractivity contribution in [3.05, 3.63) is 0 Å². The second-order valence-corrected chi connectivity index (χ2v) is 8.02. The number of amides is 2. The minimum atomic E-state index is -4.89. The molecule has 2 saturated heterocycles. The van der Waals surface area contributed by atoms with Gasteiger partial charge in [-0.2, -0.15) is 13.2 Å². The molecule has 0 spiro atoms. The Balaban J connectivity index is 1.98. The summed E-state index contributed by atoms with van der Waals surface area (Å²) in [6.45, 7) is 5.56. The van der Waals surface area contributed by atoms with Crippen LogP contribution in [0.4, 0.5) is 18.0 Å². The van der Waals surface area contributed by atoms with Crippen molar-refractivity contribution in [3.63, 3.8) is 0 Å². The molecule has 0 aromatic heterocycles. The van der Waals surface area contributed by atoms with Crippen LogP contribution < -0.4 is 10.6 Å². The van der Waals surface area contributed by atoms with Gasteiger partial charge >= 0.3 is 18.2 Å². The summed E-state index contributed by atoms with van der Waals surface area (Å²) < 4.78 is 38.0. The molecule has 1 unspecified atom stereocenters. The van der Waals surface area contributed by atoms with E-state index in [4.69, 9.17) is 0 Å². The Labute approximate surface area is 151 Å². The third kappa shape index (κ3) is 5.25. The van der Waals surface area contributed by atoms with E-state index in [2.05, 4.69) is 10.6 Å². The Bertz CT molecular complexity index is 519. The summed E-state index contributed by atoms with van der Waals surface area (Å²) in [5.41, 5.74) is -0.476. The lowest BCUT2D eigenvalue weighted by Crippen LogP contribution is -2.48. The van der Waals surface area contributed by atoms with Crippen LogP contribution in [0.5, 0.6) is 0 Å². The highest BCUT2D eigenvalue weighted by Crippen LogP contribution is 2.36. The van der Waals surface area contributed by atoms with Gasteiger partial charge in [0.15, 0.2) is 0 Å². The molecule has 2 fully saturated rings. The third-order valence-electron chi connectivity index (χ3n) is 5.60. The van der Waals surface area contributed by atoms with Gasteiger partial charge in [0.05, 0.1) is 0 Å². The van der Waals surface area contributed by atoms with Crippen LogP contribution in [0, 0.1) is 11.8 Å². The minimum Gasteiger partial charge on any atom is -0.465 e. The van der Waals surface area contributed by atoms with Crippen molar-refractivity contribution in [3.8, 4) is 0 Å². The maximum absolute atomic E-state index is 12.7. The summed E-state index contributed by atoms with van der Waals surface area (Å²) in [6.07, 6.45) is -2.72. The molecule has 9 heteroatoms. The van der Waals surface area contributed by atoms with Crippen LogP contribution in [-0.2, 0) is 4.79 Å². The van der Waals surface area contributed by atoms with E-state index < -0.39 is 29.8 Å². The third-order valence-corrected chi connectivity index (χ3v) is 5.60. The normalized spacial score (nSPS) is 25.1. The van der Waals surface area contributed by atoms with Crippen molar-refractivity contribution in [2.75, 3.05) is 19.6 Å². The van der Waals surface area contributed by atoms with E-state index in [0.29, 0.717) is 25.8 Å². The number of carbonyl (C=O) groups excluding carboxylic acids is 1. The minimum absolute atomic E-state index is 0.00698. The van der Waals surface area contributed by atoms with E-state index >= 15 is 0 Å². The van der Waals surface area contributed by atoms with Gasteiger partial charge < -0.3 is 20.6 Å². The summed E-state index contributed by atoms with van der Waals surface area (Å²) in [5, 5.41) is 14.6. The first-order valence-corrected chi connectivity index (χ1v) is 9.09. The predicted octanol–water partition coefficient (Wildman–Crippen LogP) is 2.59. The van der Waals surface area contributed by atoms with Gasteiger partial charge in [-0.15, -0.1) is 0 Å². The van der Waals surface area contributed by atoms with Crippen molar-refractivity contribution in [1.82, 2.24) is 15.5 Å². The number of nitrogens with zero attached hydrogens (tertiary/aromatic N) is 1. The molecule has 2 atom stereocenters. The number of carboxylic acid groups (broad SMARTS) is 1. The molecule has 2 aliphatic heterocycles. The molecular weight excluding hydrogens is 351 g/mol. The van der Waals surface area contributed by atoms with Crippen LogP contribution in [0.25, 0.3) is 0 Å². The van der Waals surface area contributed by atoms with E-state index in [0.717, 1.165) is 25.9 Å². The zero-order chi connectivity index (χ0) is 19.5. The lowest BCUT2D eigenvalue weighted by atomic mass is 9.84. The molecule has 6 nitrogen and oxygen atoms in total. The van der Waals surface area contributed by atoms with Crippen molar-refractivity contribution in [2.45, 2.75) is 63.7 Å². The van der Waals surface area contributed by atoms with Crippen LogP contribution >= 0.6 is 0 Å². The van der Waals surface area contributed by atoms with Crippen molar-refractivity contribution >= 4 is 12.0 Å². The molecule has 150 valence electrons. The second-order valence-electron chi connectivity index (χ2n) is 8.02. The number of alkyl halides is 3. The summed E-state index contributed by atoms with van der Waals surface area (Å²) in [5.74, 6) is -1.79. The molecule has 2 heterocycles. The van der Waals surface area contributed by atoms with Crippen LogP contribution in [0.15, 0.2) is 0 Å². The van der Waals surface area contributed by atoms with E-state index in [1.54, 1.807) is 0 Å². The van der Waals surface area contributed by atoms with E-state index in [1.807, 2.05) is 13.8 Å². The fourth-order valence-corrected chi connectivity index (χ4v) is 4.25. The van der Waals surface area contributed by atoms with Crippen molar-refractivity contribution < 1.29 is 27.9 Å². The number of halogens is 3. The van der Waals surface area contributed by atoms with Crippen molar-refractivity contribution in [2.24, 2.45) is 11.8 Å². The van der Waals surface area contributed by atoms with Gasteiger partial charge in [0.2, 0.25) is 0 Å². The average molecular weight is 379 g/mol. The fraction of sp³-hybridized carbons (Fsp3) is 0.882. The molecule has 0 aliphatic carbocycles. The molecule has 0 bridgehead atoms. The van der Waals surface area contributed by atoms with Crippen molar-refractivity contribution in [1.29, 1.82) is 0 Å². The highest BCUT2D eigenvalue weighted by molar-refractivity contribution is 5.81. The van der Waals surface area contributed by atoms with E-state index in [9.17, 15) is 27.9 Å². The molecule has 2 rings (SSSR count). The van der Waals surface area contributed by atoms with Crippen LogP contribution in [0.2, 0.25) is 0 Å². The van der Waals surface area contributed by atoms with Gasteiger partial charge in [0.25, 0.3) is 0 Å². The van der Waals surface area contributed by atoms with Gasteiger partial charge in [-0.1, -0.05) is 0 Å². The number of likely N-dealkylation sites (tertiary alicyclic amines) is 1. The van der Waals surface area contributed by atoms with Gasteiger partial charge in [0, 0.05) is 18.1 Å². The maximum Gasteiger partial charge on any atom is 0.471 e. The number of nitrogens with one attached hydrogen (secondary N) is 2. The standard InChI is InChI=1S/C17H28F3N3O3/c1-16(2)9-11(10-23(16)15(25)26)3-4-13(12-5-7-21-8-6-12)22-14(24)17(18,19)20/h11-13,21H,3-10H2,1-2H3,(H,22,24)(H,25,26)/t11-,13?/m0/s1. The summed E-state index contributed by atoms with van der Waals surface area (Å²) in [6, 6.07) is -0.534. The second kappa shape index (κ2) is 8.02. The molecular formula is C17H28F3N3O3. The van der Waals surface area contributed by atoms with Gasteiger partial charge in [0.1, 0.15) is 0 Å². The fourth-order valence-electron chi connectivity index (χ4n) is 4.25. The number of hydrogen-bond donors (Lipinski definition) is 3. The van der Waals surface area contributed by atoms with Gasteiger partial charge in [-0.25, -0.2) is 4.79 Å². The highest BCUT2D eigenvalue weighted by Gasteiger charge is 2.43. The smallest absolute Gasteiger partial charge is 0.465 e. The SMILES string of the molecule is CC1(C)C[C@H](CCC(NC(=O)C(F)(F)F)C2CCNCC2)CN1C(=O)O. The first-order valence-electron chi connectivity index (χ1n) is 9.09. The predicted molar refractivity (Wildman–Crippen MR) is 89.7 cm³/mol. The Morgan fingerprint density at radius 2 is 1.92 bits per heavy atom. The molecule has 0 radical (unpaired) electrons. The number of rotatable bonds is 5. The van der Waals surface area contributed by atoms with E-state index in [1.165, 1.54) is 4.90 Å². The summed E-state index contributed by atoms with van der Waals surface area (Å²) >= 11 is 0. The molecule has 2 amide bonds. The molecule has 26 heavy (non-hydrogen) atoms. The zero-order valence-corrected chi connectivity index (χ0v) is 15.2. The number of piperidine rings is 1. The molecule has 2 aliphatic rings. The lowest BCUT2D eigenvalue weighted by molar-refractivity contribution is -0.174. The lowest BCUT2D eigenvalue weighted by Gasteiger charge is -2.32. The Morgan fingerprint density at radius 3 is 2.42 bits per heavy atom. The van der Waals surface area contributed by atoms with E-state index in [-0.39, 0.29) is 11.8 Å². The zero-order valence-electron chi connectivity index (χ0n) is 15.2. The van der Waals surface area contributed by atoms with Crippen LogP contribution in [0.3, 0.4) is 0 Å². The first kappa shape index (κ1) is 20.8. The highest BCUT2D eigenvalue weighted by atomic mass is 19.4. The van der Waals surface area contributed by atoms with Crippen LogP contribution in [-0.4, -0.2) is 59.4 Å². The topological polar surface area (TPSA) is 81.7 Å². The van der Waals surface area contributed by atoms with Gasteiger partial charge in [-0.05, 0) is 70.9 Å². The van der Waals surface area contributed by atoms with Crippen LogP contribution in [0.1, 0.15) is 46.0 Å². The summed E-state index contributed by atoms with van der Waals surface area (Å²) in [4.78, 5) is 24.2.